The molecule has 0 spiro atoms. The van der Waals surface area contributed by atoms with E-state index in [1.807, 2.05) is 6.07 Å². The predicted octanol–water partition coefficient (Wildman–Crippen LogP) is 2.20. The van der Waals surface area contributed by atoms with Gasteiger partial charge in [0, 0.05) is 25.7 Å². The van der Waals surface area contributed by atoms with E-state index >= 15 is 0 Å². The van der Waals surface area contributed by atoms with Gasteiger partial charge >= 0.3 is 5.97 Å². The highest BCUT2D eigenvalue weighted by Gasteiger charge is 2.29. The predicted molar refractivity (Wildman–Crippen MR) is 91.7 cm³/mol. The zero-order valence-electron chi connectivity index (χ0n) is 14.0. The van der Waals surface area contributed by atoms with Gasteiger partial charge in [-0.2, -0.15) is 0 Å². The number of hydrogen-bond acceptors (Lipinski definition) is 6. The summed E-state index contributed by atoms with van der Waals surface area (Å²) in [6, 6.07) is 14.2. The number of carbonyl (C=O) groups is 1. The fourth-order valence-corrected chi connectivity index (χ4v) is 3.04. The van der Waals surface area contributed by atoms with Crippen LogP contribution < -0.4 is 5.32 Å². The van der Waals surface area contributed by atoms with Gasteiger partial charge in [-0.3, -0.25) is 4.90 Å². The maximum Gasteiger partial charge on any atom is 0.358 e. The average Bonchev–Trinajstić information content (AvgIpc) is 2.95. The third kappa shape index (κ3) is 3.89. The molecule has 3 rings (SSSR count). The van der Waals surface area contributed by atoms with E-state index in [1.165, 1.54) is 12.7 Å². The molecule has 1 aliphatic heterocycles. The van der Waals surface area contributed by atoms with Crippen molar-refractivity contribution in [3.05, 3.63) is 53.7 Å². The molecule has 1 saturated heterocycles. The molecule has 0 aliphatic carbocycles. The molecule has 2 atom stereocenters. The fourth-order valence-electron chi connectivity index (χ4n) is 3.04. The number of rotatable bonds is 5. The highest BCUT2D eigenvalue weighted by atomic mass is 16.5. The number of anilines is 1. The second-order valence-corrected chi connectivity index (χ2v) is 6.20. The molecule has 0 radical (unpaired) electrons. The van der Waals surface area contributed by atoms with Gasteiger partial charge in [0.05, 0.1) is 7.11 Å². The summed E-state index contributed by atoms with van der Waals surface area (Å²) in [5.74, 6) is 0.717. The summed E-state index contributed by atoms with van der Waals surface area (Å²) < 4.78 is 4.63. The van der Waals surface area contributed by atoms with Crippen LogP contribution in [-0.4, -0.2) is 47.3 Å². The van der Waals surface area contributed by atoms with Gasteiger partial charge in [0.25, 0.3) is 0 Å². The zero-order valence-corrected chi connectivity index (χ0v) is 14.0. The van der Waals surface area contributed by atoms with Crippen molar-refractivity contribution in [3.63, 3.8) is 0 Å². The number of nitrogens with zero attached hydrogens (tertiary/aromatic N) is 3. The number of carbonyl (C=O) groups excluding carboxylic acids is 1. The normalized spacial score (nSPS) is 20.8. The maximum atomic E-state index is 11.4. The molecule has 0 amide bonds. The largest absolute Gasteiger partial charge is 0.464 e. The minimum absolute atomic E-state index is 0.216. The Balaban J connectivity index is 1.58. The van der Waals surface area contributed by atoms with Crippen LogP contribution in [0.3, 0.4) is 0 Å². The first kappa shape index (κ1) is 16.4. The Bertz CT molecular complexity index is 675. The van der Waals surface area contributed by atoms with Crippen LogP contribution in [0.1, 0.15) is 23.0 Å². The number of benzene rings is 1. The third-order valence-electron chi connectivity index (χ3n) is 4.33. The molecule has 24 heavy (non-hydrogen) atoms. The summed E-state index contributed by atoms with van der Waals surface area (Å²) in [6.07, 6.45) is 0. The third-order valence-corrected chi connectivity index (χ3v) is 4.33. The number of hydrogen-bond donors (Lipinski definition) is 1. The SMILES string of the molecule is COC(=O)c1ccc(NC2CN(Cc3ccccc3)CC2C)nn1. The topological polar surface area (TPSA) is 67.3 Å². The van der Waals surface area contributed by atoms with E-state index in [-0.39, 0.29) is 5.69 Å². The van der Waals surface area contributed by atoms with E-state index in [1.54, 1.807) is 12.1 Å². The summed E-state index contributed by atoms with van der Waals surface area (Å²) in [5.41, 5.74) is 1.54. The Labute approximate surface area is 141 Å². The van der Waals surface area contributed by atoms with Crippen molar-refractivity contribution in [3.8, 4) is 0 Å². The molecule has 0 bridgehead atoms. The summed E-state index contributed by atoms with van der Waals surface area (Å²) in [5, 5.41) is 11.4. The lowest BCUT2D eigenvalue weighted by Gasteiger charge is -2.17. The molecule has 126 valence electrons. The first-order valence-electron chi connectivity index (χ1n) is 8.10. The standard InChI is InChI=1S/C18H22N4O2/c1-13-10-22(11-14-6-4-3-5-7-14)12-16(13)19-17-9-8-15(20-21-17)18(23)24-2/h3-9,13,16H,10-12H2,1-2H3,(H,19,21). The van der Waals surface area contributed by atoms with Crippen molar-refractivity contribution in [1.82, 2.24) is 15.1 Å². The highest BCUT2D eigenvalue weighted by molar-refractivity contribution is 5.86. The van der Waals surface area contributed by atoms with Gasteiger partial charge in [0.1, 0.15) is 5.82 Å². The molecule has 2 aromatic rings. The summed E-state index contributed by atoms with van der Waals surface area (Å²) in [6.45, 7) is 5.19. The van der Waals surface area contributed by atoms with Crippen molar-refractivity contribution >= 4 is 11.8 Å². The maximum absolute atomic E-state index is 11.4. The molecule has 1 fully saturated rings. The van der Waals surface area contributed by atoms with Crippen molar-refractivity contribution in [1.29, 1.82) is 0 Å². The van der Waals surface area contributed by atoms with Crippen LogP contribution >= 0.6 is 0 Å². The van der Waals surface area contributed by atoms with Crippen molar-refractivity contribution < 1.29 is 9.53 Å². The Morgan fingerprint density at radius 3 is 2.67 bits per heavy atom. The van der Waals surface area contributed by atoms with E-state index < -0.39 is 5.97 Å². The van der Waals surface area contributed by atoms with Crippen LogP contribution in [-0.2, 0) is 11.3 Å². The molecule has 6 nitrogen and oxygen atoms in total. The Morgan fingerprint density at radius 1 is 1.21 bits per heavy atom. The van der Waals surface area contributed by atoms with Crippen LogP contribution in [0, 0.1) is 5.92 Å². The van der Waals surface area contributed by atoms with Gasteiger partial charge in [-0.25, -0.2) is 4.79 Å². The summed E-state index contributed by atoms with van der Waals surface area (Å²) in [4.78, 5) is 13.8. The Hall–Kier alpha value is -2.47. The first-order valence-corrected chi connectivity index (χ1v) is 8.10. The van der Waals surface area contributed by atoms with Crippen LogP contribution in [0.5, 0.6) is 0 Å². The van der Waals surface area contributed by atoms with Crippen LogP contribution in [0.2, 0.25) is 0 Å². The lowest BCUT2D eigenvalue weighted by atomic mass is 10.1. The Morgan fingerprint density at radius 2 is 2.00 bits per heavy atom. The number of nitrogens with one attached hydrogen (secondary N) is 1. The highest BCUT2D eigenvalue weighted by Crippen LogP contribution is 2.21. The lowest BCUT2D eigenvalue weighted by molar-refractivity contribution is 0.0593. The van der Waals surface area contributed by atoms with E-state index in [0.717, 1.165) is 19.6 Å². The molecule has 1 aromatic heterocycles. The quantitative estimate of drug-likeness (QED) is 0.850. The van der Waals surface area contributed by atoms with Crippen LogP contribution in [0.15, 0.2) is 42.5 Å². The molecule has 0 saturated carbocycles. The number of ether oxygens (including phenoxy) is 1. The Kier molecular flexibility index (Phi) is 5.05. The van der Waals surface area contributed by atoms with Crippen molar-refractivity contribution in [2.45, 2.75) is 19.5 Å². The molecule has 2 heterocycles. The van der Waals surface area contributed by atoms with Gasteiger partial charge in [-0.1, -0.05) is 37.3 Å². The van der Waals surface area contributed by atoms with Crippen molar-refractivity contribution in [2.75, 3.05) is 25.5 Å². The molecule has 1 aromatic carbocycles. The van der Waals surface area contributed by atoms with E-state index in [0.29, 0.717) is 17.8 Å². The van der Waals surface area contributed by atoms with E-state index in [2.05, 4.69) is 56.3 Å². The summed E-state index contributed by atoms with van der Waals surface area (Å²) in [7, 11) is 1.33. The minimum Gasteiger partial charge on any atom is -0.464 e. The number of esters is 1. The first-order chi connectivity index (χ1) is 11.7. The molecule has 2 unspecified atom stereocenters. The number of likely N-dealkylation sites (tertiary alicyclic amines) is 1. The summed E-state index contributed by atoms with van der Waals surface area (Å²) >= 11 is 0. The molecular weight excluding hydrogens is 304 g/mol. The van der Waals surface area contributed by atoms with E-state index in [4.69, 9.17) is 0 Å². The second-order valence-electron chi connectivity index (χ2n) is 6.20. The fraction of sp³-hybridized carbons (Fsp3) is 0.389. The molecular formula is C18H22N4O2. The van der Waals surface area contributed by atoms with Crippen LogP contribution in [0.4, 0.5) is 5.82 Å². The van der Waals surface area contributed by atoms with Gasteiger partial charge in [-0.15, -0.1) is 10.2 Å². The van der Waals surface area contributed by atoms with Gasteiger partial charge < -0.3 is 10.1 Å². The molecule has 1 aliphatic rings. The van der Waals surface area contributed by atoms with Gasteiger partial charge in [0.2, 0.25) is 0 Å². The second kappa shape index (κ2) is 7.40. The lowest BCUT2D eigenvalue weighted by Crippen LogP contribution is -2.28. The van der Waals surface area contributed by atoms with Gasteiger partial charge in [-0.05, 0) is 23.6 Å². The van der Waals surface area contributed by atoms with Gasteiger partial charge in [0.15, 0.2) is 5.69 Å². The van der Waals surface area contributed by atoms with Crippen LogP contribution in [0.25, 0.3) is 0 Å². The van der Waals surface area contributed by atoms with E-state index in [9.17, 15) is 4.79 Å². The van der Waals surface area contributed by atoms with Crippen molar-refractivity contribution in [2.24, 2.45) is 5.92 Å². The zero-order chi connectivity index (χ0) is 16.9. The molecule has 1 N–H and O–H groups in total. The minimum atomic E-state index is -0.475. The number of methoxy groups -OCH3 is 1. The monoisotopic (exact) mass is 326 g/mol. The average molecular weight is 326 g/mol. The number of aromatic nitrogens is 2. The smallest absolute Gasteiger partial charge is 0.358 e. The molecule has 6 heteroatoms.